The first-order chi connectivity index (χ1) is 7.36. The fourth-order valence-electron chi connectivity index (χ4n) is 2.17. The smallest absolute Gasteiger partial charge is 0.0252 e. The maximum Gasteiger partial charge on any atom is 0.0252 e. The van der Waals surface area contributed by atoms with Crippen molar-refractivity contribution in [3.63, 3.8) is 0 Å². The molecule has 0 fully saturated rings. The number of nitrogens with one attached hydrogen (secondary N) is 1. The first kappa shape index (κ1) is 12.5. The lowest BCUT2D eigenvalue weighted by molar-refractivity contribution is 0.424. The molecule has 0 saturated heterocycles. The van der Waals surface area contributed by atoms with Crippen molar-refractivity contribution in [3.05, 3.63) is 24.8 Å². The summed E-state index contributed by atoms with van der Waals surface area (Å²) >= 11 is 0. The van der Waals surface area contributed by atoms with Gasteiger partial charge in [0.1, 0.15) is 0 Å². The van der Waals surface area contributed by atoms with Crippen molar-refractivity contribution in [2.24, 2.45) is 0 Å². The molecule has 0 aromatic rings. The monoisotopic (exact) mass is 207 g/mol. The lowest BCUT2D eigenvalue weighted by Crippen LogP contribution is -2.39. The zero-order valence-electron chi connectivity index (χ0n) is 10.0. The lowest BCUT2D eigenvalue weighted by atomic mass is 9.99. The van der Waals surface area contributed by atoms with Crippen LogP contribution in [-0.4, -0.2) is 12.1 Å². The molecule has 0 unspecified atom stereocenters. The molecular formula is C14H25N. The van der Waals surface area contributed by atoms with E-state index in [2.05, 4.69) is 31.0 Å². The minimum absolute atomic E-state index is 0.612. The van der Waals surface area contributed by atoms with E-state index in [1.54, 1.807) is 0 Å². The van der Waals surface area contributed by atoms with Crippen LogP contribution in [0.4, 0.5) is 0 Å². The quantitative estimate of drug-likeness (QED) is 0.494. The third-order valence-corrected chi connectivity index (χ3v) is 3.06. The molecule has 1 aliphatic heterocycles. The Morgan fingerprint density at radius 2 is 2.27 bits per heavy atom. The van der Waals surface area contributed by atoms with E-state index in [0.717, 1.165) is 12.8 Å². The van der Waals surface area contributed by atoms with Crippen LogP contribution in [0.2, 0.25) is 0 Å². The van der Waals surface area contributed by atoms with Gasteiger partial charge in [-0.1, -0.05) is 50.8 Å². The van der Waals surface area contributed by atoms with Crippen LogP contribution in [-0.2, 0) is 0 Å². The van der Waals surface area contributed by atoms with Crippen molar-refractivity contribution >= 4 is 0 Å². The van der Waals surface area contributed by atoms with Crippen LogP contribution in [0.15, 0.2) is 24.8 Å². The van der Waals surface area contributed by atoms with Crippen LogP contribution in [0, 0.1) is 0 Å². The molecular weight excluding hydrogens is 182 g/mol. The second-order valence-corrected chi connectivity index (χ2v) is 4.51. The lowest BCUT2D eigenvalue weighted by Gasteiger charge is -2.26. The van der Waals surface area contributed by atoms with Crippen molar-refractivity contribution < 1.29 is 0 Å². The van der Waals surface area contributed by atoms with Crippen molar-refractivity contribution in [2.75, 3.05) is 0 Å². The van der Waals surface area contributed by atoms with Gasteiger partial charge in [-0.25, -0.2) is 0 Å². The van der Waals surface area contributed by atoms with Crippen LogP contribution < -0.4 is 5.32 Å². The molecule has 1 heterocycles. The van der Waals surface area contributed by atoms with Crippen LogP contribution >= 0.6 is 0 Å². The van der Waals surface area contributed by atoms with Crippen LogP contribution in [0.5, 0.6) is 0 Å². The Morgan fingerprint density at radius 1 is 1.40 bits per heavy atom. The molecule has 0 spiro atoms. The molecule has 0 saturated carbocycles. The topological polar surface area (TPSA) is 12.0 Å². The van der Waals surface area contributed by atoms with E-state index >= 15 is 0 Å². The van der Waals surface area contributed by atoms with E-state index in [4.69, 9.17) is 0 Å². The highest BCUT2D eigenvalue weighted by molar-refractivity contribution is 5.02. The van der Waals surface area contributed by atoms with Crippen LogP contribution in [0.25, 0.3) is 0 Å². The molecule has 0 amide bonds. The van der Waals surface area contributed by atoms with E-state index in [9.17, 15) is 0 Å². The molecule has 0 bridgehead atoms. The summed E-state index contributed by atoms with van der Waals surface area (Å²) in [5.74, 6) is 0. The Morgan fingerprint density at radius 3 is 3.00 bits per heavy atom. The number of hydrogen-bond acceptors (Lipinski definition) is 1. The maximum atomic E-state index is 3.80. The normalized spacial score (nSPS) is 25.4. The predicted molar refractivity (Wildman–Crippen MR) is 68.0 cm³/mol. The Hall–Kier alpha value is -0.560. The van der Waals surface area contributed by atoms with Gasteiger partial charge < -0.3 is 5.32 Å². The van der Waals surface area contributed by atoms with Gasteiger partial charge in [0, 0.05) is 12.1 Å². The van der Waals surface area contributed by atoms with Crippen molar-refractivity contribution in [1.82, 2.24) is 5.32 Å². The SMILES string of the molecule is C=CC[C@H]1CC=C[C@H](CCCCCC)N1. The largest absolute Gasteiger partial charge is 0.307 e. The minimum atomic E-state index is 0.612. The van der Waals surface area contributed by atoms with E-state index in [-0.39, 0.29) is 0 Å². The Labute approximate surface area is 94.6 Å². The third-order valence-electron chi connectivity index (χ3n) is 3.06. The van der Waals surface area contributed by atoms with Gasteiger partial charge in [0.15, 0.2) is 0 Å². The van der Waals surface area contributed by atoms with E-state index < -0.39 is 0 Å². The molecule has 0 radical (unpaired) electrons. The van der Waals surface area contributed by atoms with E-state index in [1.807, 2.05) is 6.08 Å². The predicted octanol–water partition coefficient (Wildman–Crippen LogP) is 3.82. The Kier molecular flexibility index (Phi) is 6.42. The summed E-state index contributed by atoms with van der Waals surface area (Å²) in [6.45, 7) is 6.06. The van der Waals surface area contributed by atoms with E-state index in [0.29, 0.717) is 12.1 Å². The highest BCUT2D eigenvalue weighted by atomic mass is 14.9. The number of unbranched alkanes of at least 4 members (excludes halogenated alkanes) is 3. The first-order valence-corrected chi connectivity index (χ1v) is 6.40. The fourth-order valence-corrected chi connectivity index (χ4v) is 2.17. The van der Waals surface area contributed by atoms with Crippen molar-refractivity contribution in [2.45, 2.75) is 64.0 Å². The highest BCUT2D eigenvalue weighted by Gasteiger charge is 2.14. The summed E-state index contributed by atoms with van der Waals surface area (Å²) in [6, 6.07) is 1.24. The molecule has 0 aromatic carbocycles. The first-order valence-electron chi connectivity index (χ1n) is 6.40. The molecule has 86 valence electrons. The zero-order valence-corrected chi connectivity index (χ0v) is 10.0. The zero-order chi connectivity index (χ0) is 10.9. The van der Waals surface area contributed by atoms with Gasteiger partial charge in [0.25, 0.3) is 0 Å². The number of rotatable bonds is 7. The Bertz CT molecular complexity index is 196. The molecule has 2 atom stereocenters. The standard InChI is InChI=1S/C14H25N/c1-3-5-6-7-10-14-12-8-11-13(15-14)9-4-2/h4,8,12-15H,2-3,5-7,9-11H2,1H3/t13-,14-/m0/s1. The van der Waals surface area contributed by atoms with Crippen LogP contribution in [0.1, 0.15) is 51.9 Å². The summed E-state index contributed by atoms with van der Waals surface area (Å²) in [6.07, 6.45) is 15.7. The summed E-state index contributed by atoms with van der Waals surface area (Å²) in [4.78, 5) is 0. The second-order valence-electron chi connectivity index (χ2n) is 4.51. The van der Waals surface area contributed by atoms with Gasteiger partial charge >= 0.3 is 0 Å². The van der Waals surface area contributed by atoms with Gasteiger partial charge in [-0.3, -0.25) is 0 Å². The van der Waals surface area contributed by atoms with Gasteiger partial charge in [-0.05, 0) is 19.3 Å². The average Bonchev–Trinajstić information content (AvgIpc) is 2.26. The molecule has 15 heavy (non-hydrogen) atoms. The van der Waals surface area contributed by atoms with Crippen molar-refractivity contribution in [1.29, 1.82) is 0 Å². The maximum absolute atomic E-state index is 3.80. The fraction of sp³-hybridized carbons (Fsp3) is 0.714. The van der Waals surface area contributed by atoms with Gasteiger partial charge in [-0.15, -0.1) is 6.58 Å². The summed E-state index contributed by atoms with van der Waals surface area (Å²) in [7, 11) is 0. The van der Waals surface area contributed by atoms with Crippen LogP contribution in [0.3, 0.4) is 0 Å². The minimum Gasteiger partial charge on any atom is -0.307 e. The van der Waals surface area contributed by atoms with Gasteiger partial charge in [-0.2, -0.15) is 0 Å². The van der Waals surface area contributed by atoms with Crippen molar-refractivity contribution in [3.8, 4) is 0 Å². The summed E-state index contributed by atoms with van der Waals surface area (Å²) in [5.41, 5.74) is 0. The average molecular weight is 207 g/mol. The molecule has 1 aliphatic rings. The number of hydrogen-bond donors (Lipinski definition) is 1. The Balaban J connectivity index is 2.15. The molecule has 1 rings (SSSR count). The molecule has 0 aromatic heterocycles. The molecule has 1 nitrogen and oxygen atoms in total. The summed E-state index contributed by atoms with van der Waals surface area (Å²) < 4.78 is 0. The molecule has 0 aliphatic carbocycles. The molecule has 1 N–H and O–H groups in total. The van der Waals surface area contributed by atoms with E-state index in [1.165, 1.54) is 32.1 Å². The van der Waals surface area contributed by atoms with Gasteiger partial charge in [0.2, 0.25) is 0 Å². The highest BCUT2D eigenvalue weighted by Crippen LogP contribution is 2.13. The summed E-state index contributed by atoms with van der Waals surface area (Å²) in [5, 5.41) is 3.67. The van der Waals surface area contributed by atoms with Gasteiger partial charge in [0.05, 0.1) is 0 Å². The molecule has 1 heteroatoms. The second kappa shape index (κ2) is 7.70. The third kappa shape index (κ3) is 5.17.